The van der Waals surface area contributed by atoms with Crippen LogP contribution in [0.5, 0.6) is 0 Å². The van der Waals surface area contributed by atoms with Crippen molar-refractivity contribution in [2.24, 2.45) is 58.2 Å². The normalized spacial score (nSPS) is 40.5. The molecule has 0 aromatic heterocycles. The van der Waals surface area contributed by atoms with Crippen LogP contribution in [0.15, 0.2) is 0 Å². The number of hydrogen-bond donors (Lipinski definition) is 1. The Morgan fingerprint density at radius 1 is 0.676 bits per heavy atom. The van der Waals surface area contributed by atoms with Gasteiger partial charge in [-0.1, -0.05) is 41.0 Å². The van der Waals surface area contributed by atoms with Crippen LogP contribution >= 0.6 is 0 Å². The molecule has 10 bridgehead atoms. The lowest BCUT2D eigenvalue weighted by atomic mass is 9.52. The van der Waals surface area contributed by atoms with Gasteiger partial charge in [0.15, 0.2) is 6.10 Å². The highest BCUT2D eigenvalue weighted by Gasteiger charge is 2.64. The fraction of sp³-hybridized carbons (Fsp3) is 0.911. The van der Waals surface area contributed by atoms with Crippen molar-refractivity contribution in [2.45, 2.75) is 263 Å². The van der Waals surface area contributed by atoms with Crippen LogP contribution in [0.3, 0.4) is 0 Å². The summed E-state index contributed by atoms with van der Waals surface area (Å²) in [5, 5.41) is 10.6. The molecule has 1 heterocycles. The van der Waals surface area contributed by atoms with Gasteiger partial charge in [0.2, 0.25) is 0 Å². The molecule has 12 fully saturated rings. The second kappa shape index (κ2) is 19.0. The zero-order valence-electron chi connectivity index (χ0n) is 43.6. The quantitative estimate of drug-likeness (QED) is 0.130. The third-order valence-corrected chi connectivity index (χ3v) is 19.6. The average molecular weight is 953 g/mol. The van der Waals surface area contributed by atoms with Gasteiger partial charge in [-0.05, 0) is 187 Å². The fourth-order valence-electron chi connectivity index (χ4n) is 15.5. The summed E-state index contributed by atoms with van der Waals surface area (Å²) in [7, 11) is 0. The van der Waals surface area contributed by atoms with Crippen molar-refractivity contribution in [1.29, 1.82) is 0 Å². The summed E-state index contributed by atoms with van der Waals surface area (Å²) in [5.74, 6) is 2.19. The van der Waals surface area contributed by atoms with Crippen molar-refractivity contribution in [1.82, 2.24) is 0 Å². The molecular weight excluding hydrogens is 865 g/mol. The van der Waals surface area contributed by atoms with E-state index in [2.05, 4.69) is 6.92 Å². The molecular formula is C56H88O12. The summed E-state index contributed by atoms with van der Waals surface area (Å²) in [6.45, 7) is 19.7. The summed E-state index contributed by atoms with van der Waals surface area (Å²) < 4.78 is 35.9. The van der Waals surface area contributed by atoms with Gasteiger partial charge >= 0.3 is 29.8 Å². The molecule has 11 atom stereocenters. The van der Waals surface area contributed by atoms with Gasteiger partial charge < -0.3 is 33.5 Å². The highest BCUT2D eigenvalue weighted by atomic mass is 16.6. The SMILES string of the molecule is CCC(C)(C)C(=O)OC12CC3CC(CC(O)(C3)C1)C2.CCC(C)C(=O)OC1C2CC3C(=O)OC1C3C2.CCC1(OC(=O)C(C)OC23CC4CC(CC(OC(=O)C(C)(C)CC)(C4)C2)C3)CCCCC1. The van der Waals surface area contributed by atoms with E-state index in [1.165, 1.54) is 19.3 Å². The molecule has 12 nitrogen and oxygen atoms in total. The molecule has 0 spiro atoms. The molecule has 0 aromatic carbocycles. The number of carbonyl (C=O) groups excluding carboxylic acids is 5. The van der Waals surface area contributed by atoms with Crippen molar-refractivity contribution in [3.63, 3.8) is 0 Å². The Balaban J connectivity index is 0.000000148. The van der Waals surface area contributed by atoms with E-state index in [0.29, 0.717) is 41.9 Å². The first-order chi connectivity index (χ1) is 31.9. The highest BCUT2D eigenvalue weighted by Crippen LogP contribution is 2.62. The monoisotopic (exact) mass is 953 g/mol. The lowest BCUT2D eigenvalue weighted by Crippen LogP contribution is -2.62. The van der Waals surface area contributed by atoms with Gasteiger partial charge in [-0.15, -0.1) is 0 Å². The van der Waals surface area contributed by atoms with Crippen LogP contribution in [0, 0.1) is 58.2 Å². The van der Waals surface area contributed by atoms with Gasteiger partial charge in [0.25, 0.3) is 0 Å². The Labute approximate surface area is 407 Å². The van der Waals surface area contributed by atoms with Crippen molar-refractivity contribution in [2.75, 3.05) is 0 Å². The number of aliphatic hydroxyl groups is 1. The van der Waals surface area contributed by atoms with Crippen molar-refractivity contribution in [3.05, 3.63) is 0 Å². The molecule has 0 aromatic rings. The molecule has 11 saturated carbocycles. The minimum atomic E-state index is -0.587. The number of fused-ring (bicyclic) bond motifs is 1. The standard InChI is InChI=1S/C27H44O5.C16H26O3.C13H18O4/c1-6-24(4,5)23(29)32-27-16-20-13-21(17-27)15-26(14-20,18-27)30-19(3)22(28)31-25(7-2)11-9-8-10-12-25;1-4-14(2,3)13(17)19-16-8-11-5-12(9-16)7-15(18,6-11)10-16;1-3-6(2)12(14)16-10-7-4-8-9(5-7)13(15)17-11(8)10/h19-21H,6-18H2,1-5H3;11-12,18H,4-10H2,1-3H3;6-11H,3-5H2,1-2H3. The Morgan fingerprint density at radius 3 is 1.69 bits per heavy atom. The van der Waals surface area contributed by atoms with Gasteiger partial charge in [-0.2, -0.15) is 0 Å². The number of rotatable bonds is 14. The molecule has 1 aliphatic heterocycles. The third kappa shape index (κ3) is 10.3. The van der Waals surface area contributed by atoms with E-state index >= 15 is 0 Å². The average Bonchev–Trinajstić information content (AvgIpc) is 3.90. The number of esters is 5. The summed E-state index contributed by atoms with van der Waals surface area (Å²) in [6, 6.07) is 0. The van der Waals surface area contributed by atoms with E-state index < -0.39 is 28.1 Å². The van der Waals surface area contributed by atoms with Crippen LogP contribution < -0.4 is 0 Å². The molecule has 11 unspecified atom stereocenters. The number of ether oxygens (including phenoxy) is 6. The summed E-state index contributed by atoms with van der Waals surface area (Å²) >= 11 is 0. The second-order valence-electron chi connectivity index (χ2n) is 25.8. The molecule has 12 rings (SSSR count). The van der Waals surface area contributed by atoms with Gasteiger partial charge in [0.05, 0.1) is 33.9 Å². The lowest BCUT2D eigenvalue weighted by Gasteiger charge is -2.61. The molecule has 0 radical (unpaired) electrons. The Kier molecular flexibility index (Phi) is 14.4. The van der Waals surface area contributed by atoms with E-state index in [-0.39, 0.29) is 70.7 Å². The zero-order chi connectivity index (χ0) is 49.2. The van der Waals surface area contributed by atoms with Crippen LogP contribution in [0.25, 0.3) is 0 Å². The van der Waals surface area contributed by atoms with Gasteiger partial charge in [-0.25, -0.2) is 4.79 Å². The fourth-order valence-corrected chi connectivity index (χ4v) is 15.5. The van der Waals surface area contributed by atoms with Gasteiger partial charge in [0, 0.05) is 24.7 Å². The van der Waals surface area contributed by atoms with Crippen molar-refractivity contribution in [3.8, 4) is 0 Å². The lowest BCUT2D eigenvalue weighted by molar-refractivity contribution is -0.251. The smallest absolute Gasteiger partial charge is 0.335 e. The van der Waals surface area contributed by atoms with Crippen molar-refractivity contribution >= 4 is 29.8 Å². The molecule has 11 aliphatic carbocycles. The first-order valence-corrected chi connectivity index (χ1v) is 27.4. The largest absolute Gasteiger partial charge is 0.459 e. The Bertz CT molecular complexity index is 1870. The molecule has 1 N–H and O–H groups in total. The van der Waals surface area contributed by atoms with E-state index in [9.17, 15) is 29.1 Å². The molecule has 68 heavy (non-hydrogen) atoms. The maximum atomic E-state index is 13.1. The van der Waals surface area contributed by atoms with Crippen LogP contribution in [0.1, 0.15) is 217 Å². The number of carbonyl (C=O) groups is 5. The second-order valence-corrected chi connectivity index (χ2v) is 25.8. The molecule has 12 heteroatoms. The predicted molar refractivity (Wildman–Crippen MR) is 254 cm³/mol. The van der Waals surface area contributed by atoms with Crippen LogP contribution in [0.2, 0.25) is 0 Å². The topological polar surface area (TPSA) is 161 Å². The minimum Gasteiger partial charge on any atom is -0.459 e. The first-order valence-electron chi connectivity index (χ1n) is 27.4. The van der Waals surface area contributed by atoms with Crippen LogP contribution in [-0.4, -0.2) is 81.3 Å². The van der Waals surface area contributed by atoms with Gasteiger partial charge in [-0.3, -0.25) is 19.2 Å². The van der Waals surface area contributed by atoms with E-state index in [0.717, 1.165) is 122 Å². The van der Waals surface area contributed by atoms with Crippen LogP contribution in [0.4, 0.5) is 0 Å². The molecule has 1 saturated heterocycles. The van der Waals surface area contributed by atoms with Gasteiger partial charge in [0.1, 0.15) is 29.0 Å². The summed E-state index contributed by atoms with van der Waals surface area (Å²) in [5.41, 5.74) is -2.90. The maximum absolute atomic E-state index is 13.1. The zero-order valence-corrected chi connectivity index (χ0v) is 43.6. The van der Waals surface area contributed by atoms with E-state index in [1.54, 1.807) is 0 Å². The molecule has 12 aliphatic rings. The predicted octanol–water partition coefficient (Wildman–Crippen LogP) is 10.7. The Morgan fingerprint density at radius 2 is 1.19 bits per heavy atom. The van der Waals surface area contributed by atoms with E-state index in [1.807, 2.05) is 62.3 Å². The van der Waals surface area contributed by atoms with Crippen molar-refractivity contribution < 1.29 is 57.5 Å². The first kappa shape index (κ1) is 51.6. The van der Waals surface area contributed by atoms with Crippen LogP contribution in [-0.2, 0) is 52.4 Å². The minimum absolute atomic E-state index is 0.0676. The third-order valence-electron chi connectivity index (χ3n) is 19.6. The maximum Gasteiger partial charge on any atom is 0.335 e. The number of hydrogen-bond acceptors (Lipinski definition) is 12. The van der Waals surface area contributed by atoms with E-state index in [4.69, 9.17) is 28.4 Å². The molecule has 384 valence electrons. The highest BCUT2D eigenvalue weighted by molar-refractivity contribution is 5.78. The Hall–Kier alpha value is -2.73. The summed E-state index contributed by atoms with van der Waals surface area (Å²) in [4.78, 5) is 61.8. The summed E-state index contributed by atoms with van der Waals surface area (Å²) in [6.07, 6.45) is 20.9. The molecule has 0 amide bonds.